The molecule has 0 radical (unpaired) electrons. The molecule has 10 N–H and O–H groups in total. The molecule has 0 aromatic rings. The first-order chi connectivity index (χ1) is 28.3. The molecule has 0 fully saturated rings. The largest absolute Gasteiger partial charge is 0.355 e. The fourth-order valence-electron chi connectivity index (χ4n) is 5.02. The summed E-state index contributed by atoms with van der Waals surface area (Å²) in [6.07, 6.45) is 5.39. The van der Waals surface area contributed by atoms with Crippen LogP contribution in [0.3, 0.4) is 0 Å². The Kier molecular flexibility index (Phi) is 31.6. The van der Waals surface area contributed by atoms with Crippen molar-refractivity contribution in [2.75, 3.05) is 52.4 Å². The van der Waals surface area contributed by atoms with Gasteiger partial charge in [0.1, 0.15) is 12.1 Å². The van der Waals surface area contributed by atoms with Crippen LogP contribution < -0.4 is 53.2 Å². The van der Waals surface area contributed by atoms with E-state index in [1.54, 1.807) is 0 Å². The van der Waals surface area contributed by atoms with Gasteiger partial charge >= 0.3 is 0 Å². The number of hydrogen-bond acceptors (Lipinski definition) is 10. The van der Waals surface area contributed by atoms with Crippen molar-refractivity contribution in [1.82, 2.24) is 53.2 Å². The minimum absolute atomic E-state index is 0.0126. The van der Waals surface area contributed by atoms with Crippen LogP contribution >= 0.6 is 0 Å². The molecule has 0 rings (SSSR count). The molecule has 0 aromatic carbocycles. The Bertz CT molecular complexity index is 1250. The number of carbonyl (C=O) groups is 10. The van der Waals surface area contributed by atoms with Crippen LogP contribution in [-0.4, -0.2) is 124 Å². The van der Waals surface area contributed by atoms with Crippen molar-refractivity contribution in [1.29, 1.82) is 0 Å². The van der Waals surface area contributed by atoms with Crippen molar-refractivity contribution in [3.63, 3.8) is 0 Å². The minimum atomic E-state index is -1.22. The van der Waals surface area contributed by atoms with Crippen molar-refractivity contribution in [2.24, 2.45) is 0 Å². The summed E-state index contributed by atoms with van der Waals surface area (Å²) in [6.45, 7) is 8.47. The van der Waals surface area contributed by atoms with Gasteiger partial charge in [-0.15, -0.1) is 0 Å². The van der Waals surface area contributed by atoms with Crippen molar-refractivity contribution in [3.05, 3.63) is 0 Å². The average molecular weight is 839 g/mol. The Morgan fingerprint density at radius 1 is 0.322 bits per heavy atom. The SMILES string of the molecule is CCCCNC(=O)CNC(=O)CCC(NC(=O)CCCC(=O)NC(CCC(=O)NCC(=O)NCCCC)C(=O)NCC(=O)NCCCC)C(=O)NCC(=O)NCCCC. The third-order valence-corrected chi connectivity index (χ3v) is 8.58. The lowest BCUT2D eigenvalue weighted by molar-refractivity contribution is -0.132. The van der Waals surface area contributed by atoms with Gasteiger partial charge in [0.25, 0.3) is 0 Å². The Morgan fingerprint density at radius 3 is 0.898 bits per heavy atom. The summed E-state index contributed by atoms with van der Waals surface area (Å²) in [5, 5.41) is 25.6. The molecule has 0 heterocycles. The first-order valence-electron chi connectivity index (χ1n) is 21.0. The van der Waals surface area contributed by atoms with Gasteiger partial charge in [-0.2, -0.15) is 0 Å². The van der Waals surface area contributed by atoms with Gasteiger partial charge in [0, 0.05) is 51.9 Å². The molecule has 0 saturated carbocycles. The van der Waals surface area contributed by atoms with Crippen LogP contribution in [0.4, 0.5) is 0 Å². The second-order valence-corrected chi connectivity index (χ2v) is 14.0. The molecule has 0 bridgehead atoms. The summed E-state index contributed by atoms with van der Waals surface area (Å²) < 4.78 is 0. The molecule has 20 heteroatoms. The van der Waals surface area contributed by atoms with Gasteiger partial charge in [0.15, 0.2) is 0 Å². The molecular formula is C39H70N10O10. The third kappa shape index (κ3) is 30.4. The maximum atomic E-state index is 13.0. The zero-order valence-corrected chi connectivity index (χ0v) is 35.5. The maximum absolute atomic E-state index is 13.0. The summed E-state index contributed by atoms with van der Waals surface area (Å²) in [6, 6.07) is -2.44. The molecule has 0 saturated heterocycles. The second kappa shape index (κ2) is 34.7. The second-order valence-electron chi connectivity index (χ2n) is 14.0. The predicted octanol–water partition coefficient (Wildman–Crippen LogP) is -1.18. The molecule has 10 amide bonds. The van der Waals surface area contributed by atoms with Gasteiger partial charge in [0.05, 0.1) is 26.2 Å². The van der Waals surface area contributed by atoms with E-state index in [9.17, 15) is 47.9 Å². The predicted molar refractivity (Wildman–Crippen MR) is 220 cm³/mol. The molecule has 59 heavy (non-hydrogen) atoms. The average Bonchev–Trinajstić information content (AvgIpc) is 3.20. The molecule has 0 aliphatic carbocycles. The fraction of sp³-hybridized carbons (Fsp3) is 0.744. The Labute approximate surface area is 348 Å². The maximum Gasteiger partial charge on any atom is 0.243 e. The molecular weight excluding hydrogens is 768 g/mol. The highest BCUT2D eigenvalue weighted by Gasteiger charge is 2.25. The first kappa shape index (κ1) is 53.7. The zero-order valence-electron chi connectivity index (χ0n) is 35.5. The number of amides is 10. The highest BCUT2D eigenvalue weighted by molar-refractivity contribution is 5.93. The normalized spacial score (nSPS) is 11.5. The Balaban J connectivity index is 5.37. The lowest BCUT2D eigenvalue weighted by atomic mass is 10.1. The molecule has 20 nitrogen and oxygen atoms in total. The van der Waals surface area contributed by atoms with E-state index < -0.39 is 59.3 Å². The quantitative estimate of drug-likeness (QED) is 0.0346. The van der Waals surface area contributed by atoms with Crippen LogP contribution in [0.25, 0.3) is 0 Å². The standard InChI is InChI=1S/C39H70N10O10/c1-5-9-20-40-34(54)24-44-30(50)18-16-28(38(58)46-26-36(56)42-22-11-7-3)48-32(52)14-13-15-33(53)49-29(39(59)47-27-37(57)43-23-12-8-4)17-19-31(51)45-25-35(55)41-21-10-6-2/h28-29H,5-27H2,1-4H3,(H,40,54)(H,41,55)(H,42,56)(H,43,57)(H,44,50)(H,45,51)(H,46,58)(H,47,59)(H,48,52)(H,49,53). The van der Waals surface area contributed by atoms with Crippen LogP contribution in [0.5, 0.6) is 0 Å². The highest BCUT2D eigenvalue weighted by atomic mass is 16.2. The van der Waals surface area contributed by atoms with Crippen LogP contribution in [0.15, 0.2) is 0 Å². The number of rotatable bonds is 34. The van der Waals surface area contributed by atoms with Crippen LogP contribution in [0.1, 0.15) is 124 Å². The third-order valence-electron chi connectivity index (χ3n) is 8.58. The monoisotopic (exact) mass is 839 g/mol. The van der Waals surface area contributed by atoms with E-state index in [0.29, 0.717) is 26.2 Å². The van der Waals surface area contributed by atoms with Crippen LogP contribution in [0.2, 0.25) is 0 Å². The van der Waals surface area contributed by atoms with E-state index >= 15 is 0 Å². The van der Waals surface area contributed by atoms with Crippen molar-refractivity contribution in [3.8, 4) is 0 Å². The van der Waals surface area contributed by atoms with Gasteiger partial charge in [-0.25, -0.2) is 0 Å². The Morgan fingerprint density at radius 2 is 0.610 bits per heavy atom. The van der Waals surface area contributed by atoms with Crippen molar-refractivity contribution in [2.45, 2.75) is 136 Å². The van der Waals surface area contributed by atoms with Gasteiger partial charge < -0.3 is 53.2 Å². The molecule has 0 aliphatic rings. The molecule has 336 valence electrons. The summed E-state index contributed by atoms with van der Waals surface area (Å²) in [5.41, 5.74) is 0. The van der Waals surface area contributed by atoms with Crippen molar-refractivity contribution >= 4 is 59.1 Å². The smallest absolute Gasteiger partial charge is 0.243 e. The minimum Gasteiger partial charge on any atom is -0.355 e. The summed E-state index contributed by atoms with van der Waals surface area (Å²) in [5.74, 6) is -5.31. The number of nitrogens with one attached hydrogen (secondary N) is 10. The topological polar surface area (TPSA) is 291 Å². The number of hydrogen-bond donors (Lipinski definition) is 10. The van der Waals surface area contributed by atoms with E-state index in [1.807, 2.05) is 27.7 Å². The Hall–Kier alpha value is -5.30. The molecule has 0 spiro atoms. The van der Waals surface area contributed by atoms with E-state index in [1.165, 1.54) is 0 Å². The first-order valence-corrected chi connectivity index (χ1v) is 21.0. The van der Waals surface area contributed by atoms with Gasteiger partial charge in [-0.3, -0.25) is 47.9 Å². The summed E-state index contributed by atoms with van der Waals surface area (Å²) >= 11 is 0. The lowest BCUT2D eigenvalue weighted by Crippen LogP contribution is -2.50. The van der Waals surface area contributed by atoms with Crippen LogP contribution in [-0.2, 0) is 47.9 Å². The van der Waals surface area contributed by atoms with E-state index in [-0.39, 0.29) is 82.9 Å². The molecule has 0 aliphatic heterocycles. The number of unbranched alkanes of at least 4 members (excludes halogenated alkanes) is 4. The highest BCUT2D eigenvalue weighted by Crippen LogP contribution is 2.04. The van der Waals surface area contributed by atoms with Crippen molar-refractivity contribution < 1.29 is 47.9 Å². The molecule has 0 aromatic heterocycles. The van der Waals surface area contributed by atoms with E-state index in [2.05, 4.69) is 53.2 Å². The zero-order chi connectivity index (χ0) is 44.3. The number of carbonyl (C=O) groups excluding carboxylic acids is 10. The fourth-order valence-corrected chi connectivity index (χ4v) is 5.02. The molecule has 2 unspecified atom stereocenters. The van der Waals surface area contributed by atoms with Gasteiger partial charge in [0.2, 0.25) is 59.1 Å². The summed E-state index contributed by atoms with van der Waals surface area (Å²) in [7, 11) is 0. The lowest BCUT2D eigenvalue weighted by Gasteiger charge is -2.19. The van der Waals surface area contributed by atoms with Gasteiger partial charge in [-0.1, -0.05) is 53.4 Å². The summed E-state index contributed by atoms with van der Waals surface area (Å²) in [4.78, 5) is 125. The van der Waals surface area contributed by atoms with Gasteiger partial charge in [-0.05, 0) is 44.9 Å². The van der Waals surface area contributed by atoms with E-state index in [4.69, 9.17) is 0 Å². The van der Waals surface area contributed by atoms with E-state index in [0.717, 1.165) is 51.4 Å². The van der Waals surface area contributed by atoms with Crippen LogP contribution in [0, 0.1) is 0 Å². The molecule has 2 atom stereocenters.